The second kappa shape index (κ2) is 6.35. The molecule has 7 heteroatoms. The van der Waals surface area contributed by atoms with Crippen LogP contribution in [0.2, 0.25) is 0 Å². The second-order valence-electron chi connectivity index (χ2n) is 5.15. The maximum Gasteiger partial charge on any atom is 0.275 e. The lowest BCUT2D eigenvalue weighted by Crippen LogP contribution is -2.40. The van der Waals surface area contributed by atoms with Crippen molar-refractivity contribution < 1.29 is 27.2 Å². The van der Waals surface area contributed by atoms with E-state index in [1.54, 1.807) is 0 Å². The van der Waals surface area contributed by atoms with Crippen molar-refractivity contribution in [1.29, 1.82) is 0 Å². The van der Waals surface area contributed by atoms with Gasteiger partial charge in [-0.05, 0) is 24.6 Å². The van der Waals surface area contributed by atoms with Crippen LogP contribution in [0.4, 0.5) is 0 Å². The van der Waals surface area contributed by atoms with E-state index in [0.29, 0.717) is 0 Å². The van der Waals surface area contributed by atoms with Crippen LogP contribution >= 0.6 is 0 Å². The van der Waals surface area contributed by atoms with E-state index in [1.165, 1.54) is 33.5 Å². The number of benzene rings is 1. The van der Waals surface area contributed by atoms with Crippen molar-refractivity contribution in [3.63, 3.8) is 0 Å². The number of aryl methyl sites for hydroxylation is 1. The number of hydrogen-bond donors (Lipinski definition) is 1. The molecular formula is C16H20O6S. The number of hydrogen-bond acceptors (Lipinski definition) is 5. The lowest BCUT2D eigenvalue weighted by Gasteiger charge is -2.39. The molecule has 1 aromatic carbocycles. The first-order valence-corrected chi connectivity index (χ1v) is 8.41. The topological polar surface area (TPSA) is 82.1 Å². The zero-order chi connectivity index (χ0) is 17.3. The standard InChI is InChI=1S/C16H20O6S/c1-11-7-5-6-8-13(11)16(22-4)14(20-2)9-12(23(17,18)19)10-15(16)21-3/h5-10,12H,1-4H3,(H,17,18,19). The third-order valence-electron chi connectivity index (χ3n) is 3.94. The average Bonchev–Trinajstić information content (AvgIpc) is 2.52. The molecular weight excluding hydrogens is 320 g/mol. The zero-order valence-electron chi connectivity index (χ0n) is 13.4. The van der Waals surface area contributed by atoms with E-state index in [1.807, 2.05) is 31.2 Å². The molecule has 2 rings (SSSR count). The van der Waals surface area contributed by atoms with Gasteiger partial charge < -0.3 is 14.2 Å². The van der Waals surface area contributed by atoms with E-state index in [0.717, 1.165) is 11.1 Å². The first-order valence-electron chi connectivity index (χ1n) is 6.91. The van der Waals surface area contributed by atoms with Crippen LogP contribution in [-0.4, -0.2) is 39.5 Å². The van der Waals surface area contributed by atoms with Crippen molar-refractivity contribution in [2.24, 2.45) is 0 Å². The van der Waals surface area contributed by atoms with Crippen molar-refractivity contribution in [3.05, 3.63) is 59.1 Å². The maximum atomic E-state index is 11.5. The predicted molar refractivity (Wildman–Crippen MR) is 85.4 cm³/mol. The highest BCUT2D eigenvalue weighted by Crippen LogP contribution is 2.45. The van der Waals surface area contributed by atoms with Gasteiger partial charge >= 0.3 is 0 Å². The normalized spacial score (nSPS) is 24.7. The average molecular weight is 340 g/mol. The van der Waals surface area contributed by atoms with Gasteiger partial charge in [-0.3, -0.25) is 4.55 Å². The highest BCUT2D eigenvalue weighted by atomic mass is 32.2. The van der Waals surface area contributed by atoms with Crippen LogP contribution in [0.5, 0.6) is 0 Å². The Balaban J connectivity index is 2.76. The third-order valence-corrected chi connectivity index (χ3v) is 4.90. The van der Waals surface area contributed by atoms with Crippen LogP contribution in [0, 0.1) is 6.92 Å². The SMILES string of the molecule is COC1=CC(S(=O)(=O)O)C=C(OC)C1(OC)c1ccccc1C. The Kier molecular flexibility index (Phi) is 4.84. The van der Waals surface area contributed by atoms with E-state index in [9.17, 15) is 13.0 Å². The van der Waals surface area contributed by atoms with E-state index in [4.69, 9.17) is 14.2 Å². The quantitative estimate of drug-likeness (QED) is 0.827. The molecule has 0 atom stereocenters. The lowest BCUT2D eigenvalue weighted by molar-refractivity contribution is -0.0337. The summed E-state index contributed by atoms with van der Waals surface area (Å²) in [5, 5.41) is -1.26. The van der Waals surface area contributed by atoms with Gasteiger partial charge in [0, 0.05) is 12.7 Å². The summed E-state index contributed by atoms with van der Waals surface area (Å²) in [6.07, 6.45) is 2.63. The Morgan fingerprint density at radius 3 is 1.96 bits per heavy atom. The number of ether oxygens (including phenoxy) is 3. The van der Waals surface area contributed by atoms with Gasteiger partial charge in [-0.1, -0.05) is 24.3 Å². The molecule has 1 N–H and O–H groups in total. The maximum absolute atomic E-state index is 11.5. The summed E-state index contributed by atoms with van der Waals surface area (Å²) < 4.78 is 49.0. The monoisotopic (exact) mass is 340 g/mol. The van der Waals surface area contributed by atoms with Crippen LogP contribution in [0.25, 0.3) is 0 Å². The van der Waals surface area contributed by atoms with E-state index >= 15 is 0 Å². The molecule has 0 aromatic heterocycles. The van der Waals surface area contributed by atoms with Crippen LogP contribution in [-0.2, 0) is 29.9 Å². The molecule has 0 fully saturated rings. The first kappa shape index (κ1) is 17.5. The molecule has 0 bridgehead atoms. The van der Waals surface area contributed by atoms with Gasteiger partial charge in [-0.25, -0.2) is 0 Å². The van der Waals surface area contributed by atoms with Crippen molar-refractivity contribution in [3.8, 4) is 0 Å². The highest BCUT2D eigenvalue weighted by Gasteiger charge is 2.48. The molecule has 0 spiro atoms. The Bertz CT molecular complexity index is 726. The predicted octanol–water partition coefficient (Wildman–Crippen LogP) is 2.17. The molecule has 1 aromatic rings. The van der Waals surface area contributed by atoms with E-state index in [2.05, 4.69) is 0 Å². The van der Waals surface area contributed by atoms with Gasteiger partial charge in [0.25, 0.3) is 10.1 Å². The minimum absolute atomic E-state index is 0.233. The fraction of sp³-hybridized carbons (Fsp3) is 0.375. The van der Waals surface area contributed by atoms with Crippen molar-refractivity contribution in [2.45, 2.75) is 17.8 Å². The van der Waals surface area contributed by atoms with Crippen LogP contribution in [0.1, 0.15) is 11.1 Å². The summed E-state index contributed by atoms with van der Waals surface area (Å²) in [6, 6.07) is 7.49. The Hall–Kier alpha value is -1.83. The molecule has 0 unspecified atom stereocenters. The van der Waals surface area contributed by atoms with Gasteiger partial charge in [0.05, 0.1) is 14.2 Å². The summed E-state index contributed by atoms with van der Waals surface area (Å²) in [4.78, 5) is 0. The minimum Gasteiger partial charge on any atom is -0.497 e. The fourth-order valence-electron chi connectivity index (χ4n) is 2.84. The molecule has 0 saturated carbocycles. The molecule has 6 nitrogen and oxygen atoms in total. The summed E-state index contributed by atoms with van der Waals surface area (Å²) in [5.41, 5.74) is 0.471. The van der Waals surface area contributed by atoms with Crippen LogP contribution in [0.3, 0.4) is 0 Å². The highest BCUT2D eigenvalue weighted by molar-refractivity contribution is 7.86. The second-order valence-corrected chi connectivity index (χ2v) is 6.72. The van der Waals surface area contributed by atoms with Crippen molar-refractivity contribution in [1.82, 2.24) is 0 Å². The van der Waals surface area contributed by atoms with E-state index in [-0.39, 0.29) is 11.5 Å². The van der Waals surface area contributed by atoms with Gasteiger partial charge in [0.1, 0.15) is 16.8 Å². The molecule has 0 radical (unpaired) electrons. The van der Waals surface area contributed by atoms with Crippen molar-refractivity contribution >= 4 is 10.1 Å². The lowest BCUT2D eigenvalue weighted by atomic mass is 9.83. The largest absolute Gasteiger partial charge is 0.497 e. The Morgan fingerprint density at radius 2 is 1.57 bits per heavy atom. The molecule has 126 valence electrons. The van der Waals surface area contributed by atoms with Crippen molar-refractivity contribution in [2.75, 3.05) is 21.3 Å². The summed E-state index contributed by atoms with van der Waals surface area (Å²) in [7, 11) is -0.0165. The summed E-state index contributed by atoms with van der Waals surface area (Å²) in [6.45, 7) is 1.91. The van der Waals surface area contributed by atoms with Gasteiger partial charge in [-0.15, -0.1) is 0 Å². The molecule has 0 saturated heterocycles. The smallest absolute Gasteiger partial charge is 0.275 e. The fourth-order valence-corrected chi connectivity index (χ4v) is 3.43. The van der Waals surface area contributed by atoms with Crippen LogP contribution in [0.15, 0.2) is 47.9 Å². The number of rotatable bonds is 5. The molecule has 1 aliphatic carbocycles. The summed E-state index contributed by atoms with van der Waals surface area (Å²) in [5.74, 6) is 0.465. The van der Waals surface area contributed by atoms with E-state index < -0.39 is 21.0 Å². The summed E-state index contributed by atoms with van der Waals surface area (Å²) >= 11 is 0. The number of methoxy groups -OCH3 is 3. The Morgan fingerprint density at radius 1 is 1.04 bits per heavy atom. The van der Waals surface area contributed by atoms with Gasteiger partial charge in [-0.2, -0.15) is 8.42 Å². The van der Waals surface area contributed by atoms with Crippen LogP contribution < -0.4 is 0 Å². The van der Waals surface area contributed by atoms with Gasteiger partial charge in [0.2, 0.25) is 5.60 Å². The molecule has 0 aliphatic heterocycles. The molecule has 23 heavy (non-hydrogen) atoms. The Labute approximate surface area is 136 Å². The minimum atomic E-state index is -4.33. The first-order chi connectivity index (χ1) is 10.8. The third kappa shape index (κ3) is 2.87. The van der Waals surface area contributed by atoms with Gasteiger partial charge in [0.15, 0.2) is 0 Å². The zero-order valence-corrected chi connectivity index (χ0v) is 14.3. The molecule has 0 amide bonds. The molecule has 0 heterocycles. The molecule has 1 aliphatic rings.